The van der Waals surface area contributed by atoms with Crippen LogP contribution in [0, 0.1) is 0 Å². The van der Waals surface area contributed by atoms with E-state index in [1.54, 1.807) is 17.6 Å². The third-order valence-electron chi connectivity index (χ3n) is 4.40. The number of aryl methyl sites for hydroxylation is 1. The highest BCUT2D eigenvalue weighted by Crippen LogP contribution is 2.23. The maximum absolute atomic E-state index is 13.8. The van der Waals surface area contributed by atoms with Crippen molar-refractivity contribution in [2.75, 3.05) is 13.1 Å². The normalized spacial score (nSPS) is 23.4. The van der Waals surface area contributed by atoms with E-state index in [4.69, 9.17) is 4.42 Å². The van der Waals surface area contributed by atoms with E-state index < -0.39 is 6.17 Å². The van der Waals surface area contributed by atoms with Gasteiger partial charge in [0.15, 0.2) is 0 Å². The van der Waals surface area contributed by atoms with E-state index in [-0.39, 0.29) is 6.04 Å². The Hall–Kier alpha value is -1.24. The molecule has 0 aliphatic carbocycles. The summed E-state index contributed by atoms with van der Waals surface area (Å²) in [7, 11) is 0. The maximum atomic E-state index is 13.8. The van der Waals surface area contributed by atoms with Gasteiger partial charge in [-0.25, -0.2) is 9.37 Å². The number of halogens is 1. The average molecular weight is 337 g/mol. The molecule has 4 nitrogen and oxygen atoms in total. The lowest BCUT2D eigenvalue weighted by Crippen LogP contribution is -2.40. The maximum Gasteiger partial charge on any atom is 0.114 e. The minimum absolute atomic E-state index is 0.250. The first-order valence-electron chi connectivity index (χ1n) is 8.23. The summed E-state index contributed by atoms with van der Waals surface area (Å²) in [6.07, 6.45) is 5.37. The van der Waals surface area contributed by atoms with Crippen molar-refractivity contribution in [2.24, 2.45) is 0 Å². The molecule has 0 bridgehead atoms. The van der Waals surface area contributed by atoms with Gasteiger partial charge in [-0.15, -0.1) is 11.3 Å². The number of hydrogen-bond donors (Lipinski definition) is 1. The van der Waals surface area contributed by atoms with Crippen molar-refractivity contribution in [3.63, 3.8) is 0 Å². The zero-order valence-electron chi connectivity index (χ0n) is 13.5. The summed E-state index contributed by atoms with van der Waals surface area (Å²) < 4.78 is 19.2. The molecule has 1 saturated heterocycles. The highest BCUT2D eigenvalue weighted by atomic mass is 32.1. The van der Waals surface area contributed by atoms with Crippen LogP contribution < -0.4 is 5.32 Å². The molecule has 2 aromatic rings. The summed E-state index contributed by atoms with van der Waals surface area (Å²) in [6, 6.07) is 4.57. The highest BCUT2D eigenvalue weighted by molar-refractivity contribution is 7.09. The molecule has 0 saturated carbocycles. The van der Waals surface area contributed by atoms with Crippen molar-refractivity contribution in [1.29, 1.82) is 0 Å². The summed E-state index contributed by atoms with van der Waals surface area (Å²) in [5, 5.41) is 6.59. The van der Waals surface area contributed by atoms with Gasteiger partial charge in [0.2, 0.25) is 0 Å². The lowest BCUT2D eigenvalue weighted by Gasteiger charge is -2.25. The summed E-state index contributed by atoms with van der Waals surface area (Å²) in [5.74, 6) is 1.02. The number of thiazole rings is 1. The second kappa shape index (κ2) is 8.04. The molecular formula is C17H24FN3OS. The number of nitrogens with zero attached hydrogens (tertiary/aromatic N) is 2. The zero-order valence-corrected chi connectivity index (χ0v) is 14.3. The predicted molar refractivity (Wildman–Crippen MR) is 90.3 cm³/mol. The third kappa shape index (κ3) is 4.86. The topological polar surface area (TPSA) is 41.3 Å². The van der Waals surface area contributed by atoms with Crippen LogP contribution in [0.15, 0.2) is 34.4 Å². The Morgan fingerprint density at radius 2 is 2.48 bits per heavy atom. The van der Waals surface area contributed by atoms with Gasteiger partial charge in [-0.2, -0.15) is 0 Å². The van der Waals surface area contributed by atoms with Gasteiger partial charge in [0.25, 0.3) is 0 Å². The number of alkyl halides is 1. The predicted octanol–water partition coefficient (Wildman–Crippen LogP) is 3.26. The van der Waals surface area contributed by atoms with Gasteiger partial charge in [0, 0.05) is 43.2 Å². The molecule has 1 aliphatic rings. The number of likely N-dealkylation sites (tertiary alicyclic amines) is 1. The van der Waals surface area contributed by atoms with E-state index >= 15 is 0 Å². The van der Waals surface area contributed by atoms with Crippen molar-refractivity contribution < 1.29 is 8.81 Å². The van der Waals surface area contributed by atoms with Gasteiger partial charge in [-0.05, 0) is 31.9 Å². The van der Waals surface area contributed by atoms with Crippen LogP contribution in [0.25, 0.3) is 0 Å². The van der Waals surface area contributed by atoms with Crippen LogP contribution in [0.1, 0.15) is 30.5 Å². The highest BCUT2D eigenvalue weighted by Gasteiger charge is 2.32. The molecule has 126 valence electrons. The molecule has 3 heterocycles. The SMILES string of the molecule is C[C@H](CCc1ccco1)NC[C@@H]1C[C@H](F)CN1Cc1nccs1. The molecular weight excluding hydrogens is 313 g/mol. The van der Waals surface area contributed by atoms with Crippen molar-refractivity contribution in [1.82, 2.24) is 15.2 Å². The van der Waals surface area contributed by atoms with Crippen LogP contribution in [0.4, 0.5) is 4.39 Å². The van der Waals surface area contributed by atoms with E-state index in [1.165, 1.54) is 0 Å². The number of aromatic nitrogens is 1. The molecule has 23 heavy (non-hydrogen) atoms. The molecule has 0 aromatic carbocycles. The lowest BCUT2D eigenvalue weighted by molar-refractivity contribution is 0.226. The van der Waals surface area contributed by atoms with Gasteiger partial charge in [-0.3, -0.25) is 4.90 Å². The molecule has 0 spiro atoms. The smallest absolute Gasteiger partial charge is 0.114 e. The number of furan rings is 1. The molecule has 0 amide bonds. The van der Waals surface area contributed by atoms with Crippen LogP contribution in [0.2, 0.25) is 0 Å². The first-order chi connectivity index (χ1) is 11.2. The van der Waals surface area contributed by atoms with E-state index in [2.05, 4.69) is 22.1 Å². The number of hydrogen-bond acceptors (Lipinski definition) is 5. The van der Waals surface area contributed by atoms with Crippen molar-refractivity contribution >= 4 is 11.3 Å². The van der Waals surface area contributed by atoms with E-state index in [0.29, 0.717) is 19.0 Å². The van der Waals surface area contributed by atoms with Gasteiger partial charge in [0.1, 0.15) is 16.9 Å². The summed E-state index contributed by atoms with van der Waals surface area (Å²) in [4.78, 5) is 6.53. The Bertz CT molecular complexity index is 560. The molecule has 2 aromatic heterocycles. The fraction of sp³-hybridized carbons (Fsp3) is 0.588. The van der Waals surface area contributed by atoms with Gasteiger partial charge >= 0.3 is 0 Å². The summed E-state index contributed by atoms with van der Waals surface area (Å²) in [6.45, 7) is 4.28. The van der Waals surface area contributed by atoms with Crippen LogP contribution in [-0.4, -0.2) is 41.2 Å². The fourth-order valence-electron chi connectivity index (χ4n) is 3.09. The minimum Gasteiger partial charge on any atom is -0.469 e. The quantitative estimate of drug-likeness (QED) is 0.803. The Kier molecular flexibility index (Phi) is 5.80. The molecule has 1 N–H and O–H groups in total. The molecule has 0 unspecified atom stereocenters. The van der Waals surface area contributed by atoms with Crippen molar-refractivity contribution in [3.8, 4) is 0 Å². The monoisotopic (exact) mass is 337 g/mol. The molecule has 3 rings (SSSR count). The van der Waals surface area contributed by atoms with Gasteiger partial charge in [0.05, 0.1) is 12.8 Å². The molecule has 1 aliphatic heterocycles. The second-order valence-electron chi connectivity index (χ2n) is 6.27. The minimum atomic E-state index is -0.722. The largest absolute Gasteiger partial charge is 0.469 e. The Balaban J connectivity index is 1.43. The van der Waals surface area contributed by atoms with E-state index in [0.717, 1.165) is 36.7 Å². The molecule has 0 radical (unpaired) electrons. The van der Waals surface area contributed by atoms with Gasteiger partial charge in [-0.1, -0.05) is 0 Å². The zero-order chi connectivity index (χ0) is 16.1. The number of nitrogens with one attached hydrogen (secondary N) is 1. The third-order valence-corrected chi connectivity index (χ3v) is 5.17. The number of rotatable bonds is 8. The summed E-state index contributed by atoms with van der Waals surface area (Å²) in [5.41, 5.74) is 0. The Labute approximate surface area is 140 Å². The Morgan fingerprint density at radius 1 is 1.57 bits per heavy atom. The Morgan fingerprint density at radius 3 is 3.22 bits per heavy atom. The van der Waals surface area contributed by atoms with E-state index in [1.807, 2.05) is 23.7 Å². The molecule has 1 fully saturated rings. The lowest BCUT2D eigenvalue weighted by atomic mass is 10.1. The summed E-state index contributed by atoms with van der Waals surface area (Å²) >= 11 is 1.64. The van der Waals surface area contributed by atoms with E-state index in [9.17, 15) is 4.39 Å². The standard InChI is InChI=1S/C17H24FN3OS/c1-13(4-5-16-3-2-7-22-16)20-10-15-9-14(18)11-21(15)12-17-19-6-8-23-17/h2-3,6-8,13-15,20H,4-5,9-12H2,1H3/t13-,14+,15+/m1/s1. The van der Waals surface area contributed by atoms with Crippen molar-refractivity contribution in [3.05, 3.63) is 40.7 Å². The first kappa shape index (κ1) is 16.6. The molecule has 3 atom stereocenters. The van der Waals surface area contributed by atoms with Crippen LogP contribution in [0.3, 0.4) is 0 Å². The van der Waals surface area contributed by atoms with Crippen LogP contribution >= 0.6 is 11.3 Å². The average Bonchev–Trinajstić information content (AvgIpc) is 3.26. The second-order valence-corrected chi connectivity index (χ2v) is 7.25. The molecule has 6 heteroatoms. The van der Waals surface area contributed by atoms with Crippen LogP contribution in [-0.2, 0) is 13.0 Å². The first-order valence-corrected chi connectivity index (χ1v) is 9.11. The fourth-order valence-corrected chi connectivity index (χ4v) is 3.73. The van der Waals surface area contributed by atoms with Crippen LogP contribution in [0.5, 0.6) is 0 Å². The van der Waals surface area contributed by atoms with Gasteiger partial charge < -0.3 is 9.73 Å². The van der Waals surface area contributed by atoms with Crippen molar-refractivity contribution in [2.45, 2.75) is 51.0 Å².